The Morgan fingerprint density at radius 3 is 1.43 bits per heavy atom. The van der Waals surface area contributed by atoms with Gasteiger partial charge in [-0.2, -0.15) is 0 Å². The van der Waals surface area contributed by atoms with Crippen molar-refractivity contribution in [3.63, 3.8) is 0 Å². The molecule has 2 aromatic heterocycles. The summed E-state index contributed by atoms with van der Waals surface area (Å²) in [4.78, 5) is 16.1. The average molecular weight is 762 g/mol. The number of nitrogens with zero attached hydrogens (tertiary/aromatic N) is 3. The van der Waals surface area contributed by atoms with Crippen molar-refractivity contribution in [2.24, 2.45) is 0 Å². The van der Waals surface area contributed by atoms with E-state index in [2.05, 4.69) is 212 Å². The monoisotopic (exact) mass is 761 g/mol. The standard InChI is InChI=1S/C57H35N3/c1-3-23-42-36(15-1)17-13-30-46(42)53-35-52(59-57(60-53)49-31-14-18-37-16-2-4-24-43(37)49)40-21-11-19-38(33-40)39-20-12-22-41(34-39)56-55-48-28-8-6-26-45(48)44-25-5-7-27-47(44)54(55)50-29-9-10-32-51(50)58-56/h1-35H. The minimum Gasteiger partial charge on any atom is -0.247 e. The lowest BCUT2D eigenvalue weighted by Gasteiger charge is -2.17. The summed E-state index contributed by atoms with van der Waals surface area (Å²) in [5, 5.41) is 13.1. The van der Waals surface area contributed by atoms with Crippen LogP contribution in [-0.2, 0) is 0 Å². The highest BCUT2D eigenvalue weighted by Gasteiger charge is 2.19. The molecule has 10 aromatic carbocycles. The van der Waals surface area contributed by atoms with Gasteiger partial charge in [-0.05, 0) is 78.5 Å². The van der Waals surface area contributed by atoms with Gasteiger partial charge >= 0.3 is 0 Å². The summed E-state index contributed by atoms with van der Waals surface area (Å²) in [6.07, 6.45) is 0. The van der Waals surface area contributed by atoms with Crippen molar-refractivity contribution in [2.75, 3.05) is 0 Å². The molecule has 0 N–H and O–H groups in total. The number of rotatable bonds is 5. The predicted molar refractivity (Wildman–Crippen MR) is 252 cm³/mol. The highest BCUT2D eigenvalue weighted by atomic mass is 14.9. The molecule has 278 valence electrons. The predicted octanol–water partition coefficient (Wildman–Crippen LogP) is 15.1. The van der Waals surface area contributed by atoms with Gasteiger partial charge in [0.1, 0.15) is 0 Å². The van der Waals surface area contributed by atoms with Gasteiger partial charge in [0.25, 0.3) is 0 Å². The molecule has 0 bridgehead atoms. The summed E-state index contributed by atoms with van der Waals surface area (Å²) in [6, 6.07) is 75.6. The third-order valence-corrected chi connectivity index (χ3v) is 12.0. The molecule has 0 aliphatic rings. The van der Waals surface area contributed by atoms with Crippen molar-refractivity contribution in [2.45, 2.75) is 0 Å². The fourth-order valence-electron chi connectivity index (χ4n) is 9.26. The number of benzene rings is 10. The highest BCUT2D eigenvalue weighted by Crippen LogP contribution is 2.43. The maximum atomic E-state index is 5.43. The lowest BCUT2D eigenvalue weighted by atomic mass is 9.89. The lowest BCUT2D eigenvalue weighted by molar-refractivity contribution is 1.19. The van der Waals surface area contributed by atoms with Crippen LogP contribution >= 0.6 is 0 Å². The third kappa shape index (κ3) is 5.55. The van der Waals surface area contributed by atoms with E-state index >= 15 is 0 Å². The van der Waals surface area contributed by atoms with E-state index < -0.39 is 0 Å². The Balaban J connectivity index is 1.05. The van der Waals surface area contributed by atoms with E-state index in [-0.39, 0.29) is 0 Å². The first-order valence-electron chi connectivity index (χ1n) is 20.4. The molecule has 12 rings (SSSR count). The Kier molecular flexibility index (Phi) is 7.85. The summed E-state index contributed by atoms with van der Waals surface area (Å²) >= 11 is 0. The van der Waals surface area contributed by atoms with E-state index in [1.807, 2.05) is 0 Å². The van der Waals surface area contributed by atoms with Gasteiger partial charge < -0.3 is 0 Å². The van der Waals surface area contributed by atoms with Crippen LogP contribution in [0.1, 0.15) is 0 Å². The highest BCUT2D eigenvalue weighted by molar-refractivity contribution is 6.33. The van der Waals surface area contributed by atoms with Crippen LogP contribution in [0.25, 0.3) is 121 Å². The van der Waals surface area contributed by atoms with Gasteiger partial charge in [0.15, 0.2) is 5.82 Å². The van der Waals surface area contributed by atoms with Gasteiger partial charge in [0, 0.05) is 38.4 Å². The summed E-state index contributed by atoms with van der Waals surface area (Å²) in [5.74, 6) is 0.702. The van der Waals surface area contributed by atoms with Crippen LogP contribution in [0, 0.1) is 0 Å². The Labute approximate surface area is 346 Å². The molecule has 3 nitrogen and oxygen atoms in total. The topological polar surface area (TPSA) is 38.7 Å². The molecule has 0 atom stereocenters. The normalized spacial score (nSPS) is 11.7. The second-order valence-corrected chi connectivity index (χ2v) is 15.5. The quantitative estimate of drug-likeness (QED) is 0.164. The van der Waals surface area contributed by atoms with Crippen molar-refractivity contribution in [1.82, 2.24) is 15.0 Å². The van der Waals surface area contributed by atoms with Crippen LogP contribution in [0.15, 0.2) is 212 Å². The van der Waals surface area contributed by atoms with Gasteiger partial charge in [-0.25, -0.2) is 15.0 Å². The first-order valence-corrected chi connectivity index (χ1v) is 20.4. The summed E-state index contributed by atoms with van der Waals surface area (Å²) < 4.78 is 0. The molecule has 0 radical (unpaired) electrons. The van der Waals surface area contributed by atoms with Crippen molar-refractivity contribution < 1.29 is 0 Å². The molecule has 0 aliphatic carbocycles. The minimum atomic E-state index is 0.702. The van der Waals surface area contributed by atoms with Crippen LogP contribution in [0.4, 0.5) is 0 Å². The fourth-order valence-corrected chi connectivity index (χ4v) is 9.26. The number of fused-ring (bicyclic) bond motifs is 10. The Morgan fingerprint density at radius 2 is 0.733 bits per heavy atom. The van der Waals surface area contributed by atoms with Crippen LogP contribution in [-0.4, -0.2) is 15.0 Å². The molecule has 0 aliphatic heterocycles. The summed E-state index contributed by atoms with van der Waals surface area (Å²) in [6.45, 7) is 0. The molecule has 60 heavy (non-hydrogen) atoms. The van der Waals surface area contributed by atoms with Gasteiger partial charge in [-0.15, -0.1) is 0 Å². The second-order valence-electron chi connectivity index (χ2n) is 15.5. The van der Waals surface area contributed by atoms with Gasteiger partial charge in [-0.3, -0.25) is 0 Å². The maximum Gasteiger partial charge on any atom is 0.161 e. The van der Waals surface area contributed by atoms with Gasteiger partial charge in [0.2, 0.25) is 0 Å². The summed E-state index contributed by atoms with van der Waals surface area (Å²) in [5.41, 5.74) is 10.1. The first kappa shape index (κ1) is 34.1. The Bertz CT molecular complexity index is 3570. The van der Waals surface area contributed by atoms with E-state index in [0.29, 0.717) is 5.82 Å². The van der Waals surface area contributed by atoms with Crippen LogP contribution in [0.2, 0.25) is 0 Å². The van der Waals surface area contributed by atoms with Crippen LogP contribution < -0.4 is 0 Å². The van der Waals surface area contributed by atoms with Crippen molar-refractivity contribution in [1.29, 1.82) is 0 Å². The largest absolute Gasteiger partial charge is 0.247 e. The molecule has 2 heterocycles. The van der Waals surface area contributed by atoms with Crippen molar-refractivity contribution >= 4 is 64.8 Å². The van der Waals surface area contributed by atoms with E-state index in [9.17, 15) is 0 Å². The van der Waals surface area contributed by atoms with Gasteiger partial charge in [0.05, 0.1) is 22.6 Å². The minimum absolute atomic E-state index is 0.702. The zero-order valence-electron chi connectivity index (χ0n) is 32.5. The maximum absolute atomic E-state index is 5.43. The number of aromatic nitrogens is 3. The van der Waals surface area contributed by atoms with E-state index in [1.54, 1.807) is 0 Å². The lowest BCUT2D eigenvalue weighted by Crippen LogP contribution is -1.97. The number of para-hydroxylation sites is 1. The SMILES string of the molecule is c1cc(-c2cccc(-c3nc4ccccc4c4c5ccccc5c5ccccc5c34)c2)cc(-c2cc(-c3cccc4ccccc34)nc(-c3cccc4ccccc34)n2)c1. The Morgan fingerprint density at radius 1 is 0.267 bits per heavy atom. The van der Waals surface area contributed by atoms with Crippen molar-refractivity contribution in [3.05, 3.63) is 212 Å². The molecular weight excluding hydrogens is 727 g/mol. The third-order valence-electron chi connectivity index (χ3n) is 12.0. The molecule has 0 unspecified atom stereocenters. The molecular formula is C57H35N3. The molecule has 0 saturated heterocycles. The van der Waals surface area contributed by atoms with E-state index in [1.165, 1.54) is 37.7 Å². The van der Waals surface area contributed by atoms with E-state index in [4.69, 9.17) is 15.0 Å². The average Bonchev–Trinajstić information content (AvgIpc) is 3.33. The zero-order valence-corrected chi connectivity index (χ0v) is 32.5. The smallest absolute Gasteiger partial charge is 0.161 e. The molecule has 0 fully saturated rings. The number of hydrogen-bond donors (Lipinski definition) is 0. The Hall–Kier alpha value is -8.01. The first-order chi connectivity index (χ1) is 29.7. The fraction of sp³-hybridized carbons (Fsp3) is 0. The van der Waals surface area contributed by atoms with E-state index in [0.717, 1.165) is 77.5 Å². The zero-order chi connectivity index (χ0) is 39.6. The van der Waals surface area contributed by atoms with Crippen LogP contribution in [0.3, 0.4) is 0 Å². The van der Waals surface area contributed by atoms with Gasteiger partial charge in [-0.1, -0.05) is 188 Å². The molecule has 12 aromatic rings. The molecule has 3 heteroatoms. The molecule has 0 saturated carbocycles. The second kappa shape index (κ2) is 13.8. The number of hydrogen-bond acceptors (Lipinski definition) is 3. The van der Waals surface area contributed by atoms with Crippen LogP contribution in [0.5, 0.6) is 0 Å². The van der Waals surface area contributed by atoms with Crippen molar-refractivity contribution in [3.8, 4) is 56.3 Å². The summed E-state index contributed by atoms with van der Waals surface area (Å²) in [7, 11) is 0. The molecule has 0 spiro atoms. The number of pyridine rings is 1. The molecule has 0 amide bonds.